The Labute approximate surface area is 173 Å². The van der Waals surface area contributed by atoms with Crippen molar-refractivity contribution >= 4 is 29.9 Å². The molecule has 0 spiro atoms. The lowest BCUT2D eigenvalue weighted by atomic mass is 10.2. The number of aromatic nitrogens is 2. The molecule has 6 nitrogen and oxygen atoms in total. The number of imidazole rings is 1. The second-order valence-corrected chi connectivity index (χ2v) is 6.67. The first-order chi connectivity index (χ1) is 12.2. The van der Waals surface area contributed by atoms with E-state index in [0.717, 1.165) is 29.6 Å². The molecule has 2 heterocycles. The lowest BCUT2D eigenvalue weighted by molar-refractivity contribution is 0.306. The van der Waals surface area contributed by atoms with E-state index in [9.17, 15) is 0 Å². The average molecular weight is 468 g/mol. The quantitative estimate of drug-likeness (QED) is 0.403. The fourth-order valence-corrected chi connectivity index (χ4v) is 3.34. The molecule has 1 fully saturated rings. The Hall–Kier alpha value is -1.61. The van der Waals surface area contributed by atoms with Crippen LogP contribution in [0.1, 0.15) is 18.7 Å². The van der Waals surface area contributed by atoms with Crippen molar-refractivity contribution in [2.45, 2.75) is 25.4 Å². The summed E-state index contributed by atoms with van der Waals surface area (Å²) in [5.41, 5.74) is 2.19. The first-order valence-electron chi connectivity index (χ1n) is 8.88. The van der Waals surface area contributed by atoms with Crippen molar-refractivity contribution in [2.75, 3.05) is 34.2 Å². The number of aliphatic imine (C=N–C) groups is 1. The van der Waals surface area contributed by atoms with E-state index in [2.05, 4.69) is 49.3 Å². The van der Waals surface area contributed by atoms with Gasteiger partial charge in [-0.3, -0.25) is 4.99 Å². The molecule has 7 heteroatoms. The molecule has 26 heavy (non-hydrogen) atoms. The highest BCUT2D eigenvalue weighted by Crippen LogP contribution is 2.17. The fraction of sp³-hybridized carbons (Fsp3) is 0.474. The van der Waals surface area contributed by atoms with Crippen molar-refractivity contribution in [2.24, 2.45) is 4.99 Å². The molecule has 0 amide bonds. The first kappa shape index (κ1) is 20.7. The van der Waals surface area contributed by atoms with Crippen LogP contribution in [0.15, 0.2) is 41.5 Å². The maximum Gasteiger partial charge on any atom is 0.193 e. The van der Waals surface area contributed by atoms with Crippen molar-refractivity contribution < 1.29 is 0 Å². The van der Waals surface area contributed by atoms with Crippen LogP contribution < -0.4 is 5.32 Å². The number of aromatic amines is 1. The lowest BCUT2D eigenvalue weighted by Gasteiger charge is -2.25. The molecule has 1 aliphatic heterocycles. The van der Waals surface area contributed by atoms with Gasteiger partial charge >= 0.3 is 0 Å². The van der Waals surface area contributed by atoms with Crippen LogP contribution in [0, 0.1) is 0 Å². The molecule has 142 valence electrons. The summed E-state index contributed by atoms with van der Waals surface area (Å²) in [5.74, 6) is 1.83. The van der Waals surface area contributed by atoms with E-state index < -0.39 is 0 Å². The number of hydrogen-bond acceptors (Lipinski definition) is 3. The van der Waals surface area contributed by atoms with Crippen LogP contribution in [0.4, 0.5) is 0 Å². The zero-order chi connectivity index (χ0) is 17.6. The molecule has 1 unspecified atom stereocenters. The van der Waals surface area contributed by atoms with E-state index in [-0.39, 0.29) is 24.0 Å². The standard InChI is InChI=1S/C19H28N6.HI/c1-20-19(22-12-16-10-7-11-24(16)2)25(3)14-18-21-13-17(23-18)15-8-5-4-6-9-15;/h4-6,8-9,13,16H,7,10-12,14H2,1-3H3,(H,20,22)(H,21,23);1H. The number of likely N-dealkylation sites (tertiary alicyclic amines) is 1. The van der Waals surface area contributed by atoms with Gasteiger partial charge in [-0.15, -0.1) is 24.0 Å². The second-order valence-electron chi connectivity index (χ2n) is 6.67. The van der Waals surface area contributed by atoms with Crippen molar-refractivity contribution in [1.82, 2.24) is 25.1 Å². The third-order valence-corrected chi connectivity index (χ3v) is 4.84. The maximum atomic E-state index is 4.51. The number of H-pyrrole nitrogens is 1. The van der Waals surface area contributed by atoms with E-state index in [0.29, 0.717) is 12.6 Å². The summed E-state index contributed by atoms with van der Waals surface area (Å²) in [4.78, 5) is 16.8. The summed E-state index contributed by atoms with van der Waals surface area (Å²) in [5, 5.41) is 3.49. The molecule has 1 aliphatic rings. The minimum Gasteiger partial charge on any atom is -0.355 e. The molecule has 2 aromatic rings. The number of nitrogens with one attached hydrogen (secondary N) is 2. The summed E-state index contributed by atoms with van der Waals surface area (Å²) in [6.07, 6.45) is 4.43. The van der Waals surface area contributed by atoms with Gasteiger partial charge in [-0.2, -0.15) is 0 Å². The number of rotatable bonds is 5. The summed E-state index contributed by atoms with van der Waals surface area (Å²) < 4.78 is 0. The maximum absolute atomic E-state index is 4.51. The number of benzene rings is 1. The van der Waals surface area contributed by atoms with Crippen molar-refractivity contribution in [1.29, 1.82) is 0 Å². The SMILES string of the molecule is CN=C(NCC1CCCN1C)N(C)Cc1ncc(-c2ccccc2)[nH]1.I. The van der Waals surface area contributed by atoms with Gasteiger partial charge in [0.25, 0.3) is 0 Å². The molecule has 0 saturated carbocycles. The highest BCUT2D eigenvalue weighted by atomic mass is 127. The van der Waals surface area contributed by atoms with Gasteiger partial charge in [-0.25, -0.2) is 4.98 Å². The number of halogens is 1. The molecule has 0 bridgehead atoms. The van der Waals surface area contributed by atoms with Gasteiger partial charge in [0.1, 0.15) is 5.82 Å². The van der Waals surface area contributed by atoms with Gasteiger partial charge in [0.2, 0.25) is 0 Å². The van der Waals surface area contributed by atoms with Crippen LogP contribution in [0.2, 0.25) is 0 Å². The Morgan fingerprint density at radius 1 is 1.38 bits per heavy atom. The van der Waals surface area contributed by atoms with Gasteiger partial charge < -0.3 is 20.1 Å². The van der Waals surface area contributed by atoms with Gasteiger partial charge in [0, 0.05) is 26.7 Å². The van der Waals surface area contributed by atoms with E-state index >= 15 is 0 Å². The molecule has 1 aromatic heterocycles. The number of likely N-dealkylation sites (N-methyl/N-ethyl adjacent to an activating group) is 1. The fourth-order valence-electron chi connectivity index (χ4n) is 3.34. The summed E-state index contributed by atoms with van der Waals surface area (Å²) in [6.45, 7) is 2.81. The van der Waals surface area contributed by atoms with Crippen LogP contribution in [0.5, 0.6) is 0 Å². The van der Waals surface area contributed by atoms with Gasteiger partial charge in [-0.1, -0.05) is 30.3 Å². The summed E-state index contributed by atoms with van der Waals surface area (Å²) in [6, 6.07) is 10.9. The predicted octanol–water partition coefficient (Wildman–Crippen LogP) is 2.80. The summed E-state index contributed by atoms with van der Waals surface area (Å²) >= 11 is 0. The van der Waals surface area contributed by atoms with Gasteiger partial charge in [0.15, 0.2) is 5.96 Å². The first-order valence-corrected chi connectivity index (χ1v) is 8.88. The van der Waals surface area contributed by atoms with Crippen LogP contribution in [-0.4, -0.2) is 66.0 Å². The monoisotopic (exact) mass is 468 g/mol. The Morgan fingerprint density at radius 2 is 2.15 bits per heavy atom. The minimum atomic E-state index is 0. The smallest absolute Gasteiger partial charge is 0.193 e. The van der Waals surface area contributed by atoms with Gasteiger partial charge in [-0.05, 0) is 32.0 Å². The van der Waals surface area contributed by atoms with Crippen LogP contribution in [0.25, 0.3) is 11.3 Å². The number of hydrogen-bond donors (Lipinski definition) is 2. The third kappa shape index (κ3) is 5.20. The van der Waals surface area contributed by atoms with Crippen LogP contribution in [-0.2, 0) is 6.54 Å². The zero-order valence-electron chi connectivity index (χ0n) is 15.8. The highest BCUT2D eigenvalue weighted by molar-refractivity contribution is 14.0. The van der Waals surface area contributed by atoms with Crippen molar-refractivity contribution in [3.8, 4) is 11.3 Å². The molecular formula is C19H29IN6. The Bertz CT molecular complexity index is 699. The Kier molecular flexibility index (Phi) is 7.89. The van der Waals surface area contributed by atoms with Crippen molar-refractivity contribution in [3.63, 3.8) is 0 Å². The van der Waals surface area contributed by atoms with Crippen LogP contribution in [0.3, 0.4) is 0 Å². The molecule has 3 rings (SSSR count). The normalized spacial score (nSPS) is 17.8. The molecule has 1 atom stereocenters. The molecule has 0 radical (unpaired) electrons. The molecule has 0 aliphatic carbocycles. The molecule has 1 saturated heterocycles. The second kappa shape index (κ2) is 9.91. The van der Waals surface area contributed by atoms with Crippen LogP contribution >= 0.6 is 24.0 Å². The Balaban J connectivity index is 0.00000243. The molecule has 1 aromatic carbocycles. The molecule has 2 N–H and O–H groups in total. The van der Waals surface area contributed by atoms with Gasteiger partial charge in [0.05, 0.1) is 18.4 Å². The lowest BCUT2D eigenvalue weighted by Crippen LogP contribution is -2.44. The number of nitrogens with zero attached hydrogens (tertiary/aromatic N) is 4. The minimum absolute atomic E-state index is 0. The predicted molar refractivity (Wildman–Crippen MR) is 118 cm³/mol. The Morgan fingerprint density at radius 3 is 2.81 bits per heavy atom. The largest absolute Gasteiger partial charge is 0.355 e. The topological polar surface area (TPSA) is 59.6 Å². The van der Waals surface area contributed by atoms with E-state index in [4.69, 9.17) is 0 Å². The zero-order valence-corrected chi connectivity index (χ0v) is 18.1. The van der Waals surface area contributed by atoms with Crippen molar-refractivity contribution in [3.05, 3.63) is 42.4 Å². The highest BCUT2D eigenvalue weighted by Gasteiger charge is 2.21. The van der Waals surface area contributed by atoms with E-state index in [1.807, 2.05) is 38.5 Å². The number of guanidine groups is 1. The van der Waals surface area contributed by atoms with E-state index in [1.165, 1.54) is 19.4 Å². The molecular weight excluding hydrogens is 439 g/mol. The van der Waals surface area contributed by atoms with E-state index in [1.54, 1.807) is 0 Å². The average Bonchev–Trinajstić information content (AvgIpc) is 3.25. The third-order valence-electron chi connectivity index (χ3n) is 4.84. The summed E-state index contributed by atoms with van der Waals surface area (Å²) in [7, 11) is 6.06.